The first kappa shape index (κ1) is 22.2. The number of rotatable bonds is 7. The number of halogens is 1. The Morgan fingerprint density at radius 1 is 1.14 bits per heavy atom. The number of nitrogens with one attached hydrogen (secondary N) is 1. The van der Waals surface area contributed by atoms with Gasteiger partial charge in [0.2, 0.25) is 10.0 Å². The summed E-state index contributed by atoms with van der Waals surface area (Å²) in [6.07, 6.45) is 0.710. The fraction of sp³-hybridized carbons (Fsp3) is 0.450. The predicted molar refractivity (Wildman–Crippen MR) is 117 cm³/mol. The molecular weight excluding hydrogens is 430 g/mol. The van der Waals surface area contributed by atoms with E-state index in [1.54, 1.807) is 23.5 Å². The maximum atomic E-state index is 12.8. The number of hydrogen-bond acceptors (Lipinski definition) is 5. The number of hydrogen-bond donors (Lipinski definition) is 1. The van der Waals surface area contributed by atoms with Crippen molar-refractivity contribution in [3.63, 3.8) is 0 Å². The second-order valence-electron chi connectivity index (χ2n) is 7.23. The van der Waals surface area contributed by atoms with E-state index in [0.717, 1.165) is 24.0 Å². The second kappa shape index (κ2) is 9.57. The Kier molecular flexibility index (Phi) is 7.34. The van der Waals surface area contributed by atoms with Crippen molar-refractivity contribution < 1.29 is 13.2 Å². The lowest BCUT2D eigenvalue weighted by atomic mass is 10.2. The molecule has 1 aromatic carbocycles. The van der Waals surface area contributed by atoms with Crippen molar-refractivity contribution in [3.8, 4) is 0 Å². The molecule has 1 aromatic heterocycles. The number of carbonyl (C=O) groups is 1. The molecule has 0 radical (unpaired) electrons. The zero-order valence-electron chi connectivity index (χ0n) is 16.6. The number of nitrogens with zero attached hydrogens (tertiary/aromatic N) is 2. The smallest absolute Gasteiger partial charge is 0.253 e. The molecule has 1 unspecified atom stereocenters. The molecule has 1 amide bonds. The Balaban J connectivity index is 1.57. The zero-order valence-corrected chi connectivity index (χ0v) is 19.0. The van der Waals surface area contributed by atoms with Gasteiger partial charge in [0.15, 0.2) is 0 Å². The van der Waals surface area contributed by atoms with Crippen LogP contribution >= 0.6 is 22.9 Å². The van der Waals surface area contributed by atoms with Crippen LogP contribution in [0.25, 0.3) is 0 Å². The van der Waals surface area contributed by atoms with Crippen LogP contribution in [0, 0.1) is 0 Å². The van der Waals surface area contributed by atoms with Gasteiger partial charge in [-0.2, -0.15) is 0 Å². The fourth-order valence-corrected chi connectivity index (χ4v) is 5.60. The van der Waals surface area contributed by atoms with Gasteiger partial charge in [-0.05, 0) is 49.7 Å². The highest BCUT2D eigenvalue weighted by atomic mass is 35.5. The molecule has 0 bridgehead atoms. The van der Waals surface area contributed by atoms with Gasteiger partial charge in [-0.3, -0.25) is 9.69 Å². The molecule has 1 fully saturated rings. The molecule has 158 valence electrons. The fourth-order valence-electron chi connectivity index (χ4n) is 3.14. The average molecular weight is 456 g/mol. The Labute approximate surface area is 181 Å². The standard InChI is InChI=1S/C20H26ClN3O3S2/c1-3-15(2)22-29(26,27)18-7-4-16(5-8-18)20(25)24-12-10-23(11-13-24)14-17-6-9-19(21)28-17/h4-9,15,22H,3,10-14H2,1-2H3. The third-order valence-corrected chi connectivity index (χ3v) is 7.87. The summed E-state index contributed by atoms with van der Waals surface area (Å²) in [5, 5.41) is 0. The highest BCUT2D eigenvalue weighted by molar-refractivity contribution is 7.89. The lowest BCUT2D eigenvalue weighted by Gasteiger charge is -2.34. The maximum absolute atomic E-state index is 12.8. The number of sulfonamides is 1. The Morgan fingerprint density at radius 2 is 1.79 bits per heavy atom. The summed E-state index contributed by atoms with van der Waals surface area (Å²) in [6.45, 7) is 7.47. The summed E-state index contributed by atoms with van der Waals surface area (Å²) >= 11 is 7.57. The van der Waals surface area contributed by atoms with Crippen molar-refractivity contribution in [3.05, 3.63) is 51.2 Å². The van der Waals surface area contributed by atoms with Gasteiger partial charge < -0.3 is 4.90 Å². The van der Waals surface area contributed by atoms with E-state index in [1.807, 2.05) is 30.9 Å². The van der Waals surface area contributed by atoms with Gasteiger partial charge in [-0.25, -0.2) is 13.1 Å². The van der Waals surface area contributed by atoms with Crippen molar-refractivity contribution in [1.82, 2.24) is 14.5 Å². The van der Waals surface area contributed by atoms with E-state index in [4.69, 9.17) is 11.6 Å². The quantitative estimate of drug-likeness (QED) is 0.694. The lowest BCUT2D eigenvalue weighted by Crippen LogP contribution is -2.48. The van der Waals surface area contributed by atoms with Gasteiger partial charge in [0.1, 0.15) is 0 Å². The van der Waals surface area contributed by atoms with E-state index >= 15 is 0 Å². The number of piperazine rings is 1. The van der Waals surface area contributed by atoms with Gasteiger partial charge in [0, 0.05) is 49.2 Å². The van der Waals surface area contributed by atoms with Gasteiger partial charge in [0.05, 0.1) is 9.23 Å². The van der Waals surface area contributed by atoms with Crippen molar-refractivity contribution in [2.24, 2.45) is 0 Å². The number of carbonyl (C=O) groups excluding carboxylic acids is 1. The van der Waals surface area contributed by atoms with Gasteiger partial charge in [0.25, 0.3) is 5.91 Å². The van der Waals surface area contributed by atoms with Gasteiger partial charge in [-0.15, -0.1) is 11.3 Å². The largest absolute Gasteiger partial charge is 0.336 e. The van der Waals surface area contributed by atoms with Crippen molar-refractivity contribution in [1.29, 1.82) is 0 Å². The predicted octanol–water partition coefficient (Wildman–Crippen LogP) is 3.44. The van der Waals surface area contributed by atoms with Crippen LogP contribution in [-0.4, -0.2) is 56.3 Å². The summed E-state index contributed by atoms with van der Waals surface area (Å²) in [5.41, 5.74) is 0.506. The lowest BCUT2D eigenvalue weighted by molar-refractivity contribution is 0.0629. The third kappa shape index (κ3) is 5.79. The molecule has 0 saturated carbocycles. The van der Waals surface area contributed by atoms with Crippen LogP contribution in [0.2, 0.25) is 4.34 Å². The number of amides is 1. The minimum absolute atomic E-state index is 0.0670. The number of thiophene rings is 1. The van der Waals surface area contributed by atoms with E-state index in [2.05, 4.69) is 9.62 Å². The van der Waals surface area contributed by atoms with Gasteiger partial charge in [-0.1, -0.05) is 18.5 Å². The van der Waals surface area contributed by atoms with Crippen LogP contribution in [0.5, 0.6) is 0 Å². The van der Waals surface area contributed by atoms with Crippen LogP contribution < -0.4 is 4.72 Å². The van der Waals surface area contributed by atoms with E-state index in [0.29, 0.717) is 25.1 Å². The van der Waals surface area contributed by atoms with Crippen molar-refractivity contribution in [2.75, 3.05) is 26.2 Å². The highest BCUT2D eigenvalue weighted by Crippen LogP contribution is 2.23. The van der Waals surface area contributed by atoms with E-state index in [9.17, 15) is 13.2 Å². The summed E-state index contributed by atoms with van der Waals surface area (Å²) in [7, 11) is -3.56. The van der Waals surface area contributed by atoms with Crippen LogP contribution in [0.3, 0.4) is 0 Å². The van der Waals surface area contributed by atoms with Crippen LogP contribution in [0.1, 0.15) is 35.5 Å². The van der Waals surface area contributed by atoms with E-state index < -0.39 is 10.0 Å². The number of benzene rings is 1. The molecule has 1 saturated heterocycles. The van der Waals surface area contributed by atoms with Crippen LogP contribution in [0.4, 0.5) is 0 Å². The second-order valence-corrected chi connectivity index (χ2v) is 10.7. The van der Waals surface area contributed by atoms with E-state index in [-0.39, 0.29) is 16.8 Å². The van der Waals surface area contributed by atoms with Crippen molar-refractivity contribution >= 4 is 38.9 Å². The minimum Gasteiger partial charge on any atom is -0.336 e. The normalized spacial score (nSPS) is 16.7. The highest BCUT2D eigenvalue weighted by Gasteiger charge is 2.23. The molecular formula is C20H26ClN3O3S2. The molecule has 2 aromatic rings. The molecule has 1 N–H and O–H groups in total. The van der Waals surface area contributed by atoms with E-state index in [1.165, 1.54) is 17.0 Å². The maximum Gasteiger partial charge on any atom is 0.253 e. The topological polar surface area (TPSA) is 69.7 Å². The summed E-state index contributed by atoms with van der Waals surface area (Å²) in [5.74, 6) is -0.0670. The van der Waals surface area contributed by atoms with Crippen molar-refractivity contribution in [2.45, 2.75) is 37.8 Å². The first-order valence-electron chi connectivity index (χ1n) is 9.66. The monoisotopic (exact) mass is 455 g/mol. The minimum atomic E-state index is -3.56. The molecule has 3 rings (SSSR count). The Hall–Kier alpha value is -1.45. The van der Waals surface area contributed by atoms with Gasteiger partial charge >= 0.3 is 0 Å². The third-order valence-electron chi connectivity index (χ3n) is 5.05. The summed E-state index contributed by atoms with van der Waals surface area (Å²) in [6, 6.07) is 9.98. The molecule has 1 atom stereocenters. The summed E-state index contributed by atoms with van der Waals surface area (Å²) in [4.78, 5) is 18.3. The molecule has 0 aliphatic carbocycles. The Morgan fingerprint density at radius 3 is 2.34 bits per heavy atom. The SMILES string of the molecule is CCC(C)NS(=O)(=O)c1ccc(C(=O)N2CCN(Cc3ccc(Cl)s3)CC2)cc1. The molecule has 0 spiro atoms. The molecule has 1 aliphatic rings. The van der Waals surface area contributed by atoms with Crippen LogP contribution in [-0.2, 0) is 16.6 Å². The summed E-state index contributed by atoms with van der Waals surface area (Å²) < 4.78 is 28.1. The molecule has 29 heavy (non-hydrogen) atoms. The zero-order chi connectivity index (χ0) is 21.0. The van der Waals surface area contributed by atoms with Crippen LogP contribution in [0.15, 0.2) is 41.3 Å². The molecule has 9 heteroatoms. The average Bonchev–Trinajstić information content (AvgIpc) is 3.12. The molecule has 1 aliphatic heterocycles. The Bertz CT molecular complexity index is 936. The molecule has 6 nitrogen and oxygen atoms in total. The first-order valence-corrected chi connectivity index (χ1v) is 12.3. The first-order chi connectivity index (χ1) is 13.8. The molecule has 2 heterocycles.